The highest BCUT2D eigenvalue weighted by Crippen LogP contribution is 2.37. The summed E-state index contributed by atoms with van der Waals surface area (Å²) in [4.78, 5) is 29.2. The van der Waals surface area contributed by atoms with Crippen molar-refractivity contribution in [3.8, 4) is 78.5 Å². The van der Waals surface area contributed by atoms with Crippen molar-refractivity contribution in [2.45, 2.75) is 6.92 Å². The number of pyridine rings is 4. The van der Waals surface area contributed by atoms with E-state index in [-0.39, 0.29) is 0 Å². The van der Waals surface area contributed by atoms with Crippen molar-refractivity contribution in [1.82, 2.24) is 29.9 Å². The third kappa shape index (κ3) is 6.86. The zero-order valence-corrected chi connectivity index (χ0v) is 33.2. The van der Waals surface area contributed by atoms with Crippen molar-refractivity contribution < 1.29 is 0 Å². The molecule has 0 amide bonds. The molecule has 6 aromatic carbocycles. The molecule has 0 saturated heterocycles. The van der Waals surface area contributed by atoms with Crippen molar-refractivity contribution >= 4 is 32.6 Å². The van der Waals surface area contributed by atoms with Gasteiger partial charge in [0.05, 0.1) is 28.1 Å². The molecule has 5 aromatic heterocycles. The molecule has 0 aliphatic rings. The monoisotopic (exact) mass is 780 g/mol. The predicted octanol–water partition coefficient (Wildman–Crippen LogP) is 13.5. The number of fused-ring (bicyclic) bond motifs is 4. The maximum absolute atomic E-state index is 5.18. The first kappa shape index (κ1) is 35.9. The molecule has 0 bridgehead atoms. The average Bonchev–Trinajstić information content (AvgIpc) is 3.34. The molecule has 6 heteroatoms. The van der Waals surface area contributed by atoms with Gasteiger partial charge in [0, 0.05) is 68.9 Å². The minimum Gasteiger partial charge on any atom is -0.264 e. The summed E-state index contributed by atoms with van der Waals surface area (Å²) in [7, 11) is 0. The summed E-state index contributed by atoms with van der Waals surface area (Å²) >= 11 is 0. The number of aryl methyl sites for hydroxylation is 1. The lowest BCUT2D eigenvalue weighted by Crippen LogP contribution is -1.96. The maximum atomic E-state index is 5.18. The molecule has 0 atom stereocenters. The molecule has 61 heavy (non-hydrogen) atoms. The van der Waals surface area contributed by atoms with Crippen molar-refractivity contribution in [3.05, 3.63) is 206 Å². The quantitative estimate of drug-likeness (QED) is 0.150. The van der Waals surface area contributed by atoms with Gasteiger partial charge < -0.3 is 0 Å². The SMILES string of the molecule is Cc1ccc2ccc3c(-c4ccc(-c5ccc(-c6nc(-c7ccccc7)cc(-c7cccc(-c8cccc9ccncc89)c7)n6)cc5)cc4)cc(-c4cccnc4)nc3c2n1. The van der Waals surface area contributed by atoms with E-state index < -0.39 is 0 Å². The summed E-state index contributed by atoms with van der Waals surface area (Å²) in [5.74, 6) is 0.671. The molecule has 6 nitrogen and oxygen atoms in total. The first-order valence-electron chi connectivity index (χ1n) is 20.3. The Morgan fingerprint density at radius 3 is 1.80 bits per heavy atom. The highest BCUT2D eigenvalue weighted by Gasteiger charge is 2.16. The fourth-order valence-corrected chi connectivity index (χ4v) is 8.22. The Morgan fingerprint density at radius 1 is 0.328 bits per heavy atom. The van der Waals surface area contributed by atoms with Crippen LogP contribution in [0, 0.1) is 6.92 Å². The highest BCUT2D eigenvalue weighted by molar-refractivity contribution is 6.09. The minimum atomic E-state index is 0.671. The van der Waals surface area contributed by atoms with E-state index in [1.54, 1.807) is 6.20 Å². The summed E-state index contributed by atoms with van der Waals surface area (Å²) < 4.78 is 0. The fourth-order valence-electron chi connectivity index (χ4n) is 8.22. The molecule has 0 fully saturated rings. The molecule has 11 aromatic rings. The van der Waals surface area contributed by atoms with Crippen LogP contribution < -0.4 is 0 Å². The summed E-state index contributed by atoms with van der Waals surface area (Å²) in [5, 5.41) is 4.40. The van der Waals surface area contributed by atoms with E-state index in [0.29, 0.717) is 5.82 Å². The second-order valence-electron chi connectivity index (χ2n) is 15.2. The number of nitrogens with zero attached hydrogens (tertiary/aromatic N) is 6. The van der Waals surface area contributed by atoms with Crippen LogP contribution in [0.15, 0.2) is 201 Å². The van der Waals surface area contributed by atoms with Crippen LogP contribution in [0.4, 0.5) is 0 Å². The molecular formula is C55H36N6. The van der Waals surface area contributed by atoms with Gasteiger partial charge in [0.15, 0.2) is 5.82 Å². The Labute approximate surface area is 353 Å². The van der Waals surface area contributed by atoms with Crippen molar-refractivity contribution in [2.24, 2.45) is 0 Å². The number of benzene rings is 6. The van der Waals surface area contributed by atoms with E-state index in [0.717, 1.165) is 111 Å². The molecular weight excluding hydrogens is 745 g/mol. The van der Waals surface area contributed by atoms with E-state index in [4.69, 9.17) is 19.9 Å². The van der Waals surface area contributed by atoms with E-state index in [1.165, 1.54) is 0 Å². The fraction of sp³-hybridized carbons (Fsp3) is 0.0182. The molecule has 286 valence electrons. The van der Waals surface area contributed by atoms with Crippen LogP contribution in [0.25, 0.3) is 111 Å². The zero-order chi connectivity index (χ0) is 40.7. The number of aromatic nitrogens is 6. The lowest BCUT2D eigenvalue weighted by atomic mass is 9.95. The van der Waals surface area contributed by atoms with Gasteiger partial charge in [0.25, 0.3) is 0 Å². The summed E-state index contributed by atoms with van der Waals surface area (Å²) in [5.41, 5.74) is 16.0. The Hall–Kier alpha value is -8.22. The van der Waals surface area contributed by atoms with E-state index in [2.05, 4.69) is 149 Å². The van der Waals surface area contributed by atoms with Crippen molar-refractivity contribution in [1.29, 1.82) is 0 Å². The van der Waals surface area contributed by atoms with Crippen LogP contribution in [-0.2, 0) is 0 Å². The first-order valence-corrected chi connectivity index (χ1v) is 20.3. The third-order valence-electron chi connectivity index (χ3n) is 11.4. The molecule has 0 N–H and O–H groups in total. The molecule has 0 spiro atoms. The molecule has 11 rings (SSSR count). The van der Waals surface area contributed by atoms with Crippen LogP contribution in [-0.4, -0.2) is 29.9 Å². The second-order valence-corrected chi connectivity index (χ2v) is 15.2. The van der Waals surface area contributed by atoms with Crippen LogP contribution in [0.3, 0.4) is 0 Å². The third-order valence-corrected chi connectivity index (χ3v) is 11.4. The van der Waals surface area contributed by atoms with Crippen LogP contribution >= 0.6 is 0 Å². The van der Waals surface area contributed by atoms with Crippen molar-refractivity contribution in [3.63, 3.8) is 0 Å². The van der Waals surface area contributed by atoms with Crippen LogP contribution in [0.2, 0.25) is 0 Å². The van der Waals surface area contributed by atoms with Crippen LogP contribution in [0.1, 0.15) is 5.69 Å². The summed E-state index contributed by atoms with van der Waals surface area (Å²) in [6.07, 6.45) is 7.42. The number of hydrogen-bond acceptors (Lipinski definition) is 6. The lowest BCUT2D eigenvalue weighted by Gasteiger charge is -2.13. The highest BCUT2D eigenvalue weighted by atomic mass is 14.9. The van der Waals surface area contributed by atoms with Crippen molar-refractivity contribution in [2.75, 3.05) is 0 Å². The summed E-state index contributed by atoms with van der Waals surface area (Å²) in [6.45, 7) is 2.02. The molecule has 0 aliphatic carbocycles. The smallest absolute Gasteiger partial charge is 0.160 e. The predicted molar refractivity (Wildman–Crippen MR) is 249 cm³/mol. The van der Waals surface area contributed by atoms with Gasteiger partial charge >= 0.3 is 0 Å². The lowest BCUT2D eigenvalue weighted by molar-refractivity contribution is 1.18. The van der Waals surface area contributed by atoms with Gasteiger partial charge in [-0.15, -0.1) is 0 Å². The first-order chi connectivity index (χ1) is 30.1. The summed E-state index contributed by atoms with van der Waals surface area (Å²) in [6, 6.07) is 61.3. The molecule has 0 radical (unpaired) electrons. The van der Waals surface area contributed by atoms with Gasteiger partial charge in [-0.05, 0) is 88.2 Å². The Morgan fingerprint density at radius 2 is 1.00 bits per heavy atom. The minimum absolute atomic E-state index is 0.671. The van der Waals surface area contributed by atoms with Gasteiger partial charge in [-0.25, -0.2) is 15.0 Å². The van der Waals surface area contributed by atoms with Gasteiger partial charge in [0.2, 0.25) is 0 Å². The largest absolute Gasteiger partial charge is 0.264 e. The maximum Gasteiger partial charge on any atom is 0.160 e. The van der Waals surface area contributed by atoms with Gasteiger partial charge in [-0.2, -0.15) is 0 Å². The van der Waals surface area contributed by atoms with E-state index in [1.807, 2.05) is 61.9 Å². The molecule has 0 unspecified atom stereocenters. The van der Waals surface area contributed by atoms with Gasteiger partial charge in [-0.3, -0.25) is 15.0 Å². The number of hydrogen-bond donors (Lipinski definition) is 0. The average molecular weight is 781 g/mol. The topological polar surface area (TPSA) is 77.3 Å². The standard InChI is InChI=1S/C55H36N6/c1-35-15-16-41-25-26-47-48(31-50(45-13-7-28-56-33-45)59-54(47)53(41)58-35)39-21-17-36(18-22-39)37-19-23-42(24-20-37)55-60-51(40-8-3-2-4-9-40)32-52(61-55)44-12-5-11-43(30-44)46-14-6-10-38-27-29-57-34-49(38)46/h2-34H,1H3. The zero-order valence-electron chi connectivity index (χ0n) is 33.2. The van der Waals surface area contributed by atoms with E-state index in [9.17, 15) is 0 Å². The molecule has 0 aliphatic heterocycles. The van der Waals surface area contributed by atoms with E-state index >= 15 is 0 Å². The molecule has 5 heterocycles. The van der Waals surface area contributed by atoms with Crippen LogP contribution in [0.5, 0.6) is 0 Å². The Balaban J connectivity index is 0.949. The second kappa shape index (κ2) is 15.2. The normalized spacial score (nSPS) is 11.4. The molecule has 0 saturated carbocycles. The van der Waals surface area contributed by atoms with Gasteiger partial charge in [0.1, 0.15) is 0 Å². The van der Waals surface area contributed by atoms with Gasteiger partial charge in [-0.1, -0.05) is 133 Å². The number of rotatable bonds is 7. The Bertz CT molecular complexity index is 3400. The Kier molecular flexibility index (Phi) is 8.94.